The lowest BCUT2D eigenvalue weighted by atomic mass is 9.86. The van der Waals surface area contributed by atoms with E-state index >= 15 is 0 Å². The fourth-order valence-electron chi connectivity index (χ4n) is 2.98. The van der Waals surface area contributed by atoms with Crippen molar-refractivity contribution < 1.29 is 9.53 Å². The van der Waals surface area contributed by atoms with Gasteiger partial charge >= 0.3 is 5.97 Å². The molecule has 0 saturated heterocycles. The lowest BCUT2D eigenvalue weighted by Gasteiger charge is -2.22. The summed E-state index contributed by atoms with van der Waals surface area (Å²) in [5.41, 5.74) is 2.95. The molecule has 0 amide bonds. The monoisotopic (exact) mass is 328 g/mol. The normalized spacial score (nSPS) is 17.6. The zero-order chi connectivity index (χ0) is 16.1. The standard InChI is InChI=1S/C18H20N2O2S/c21-17(15-7-2-1-3-8-15)22-12-14-6-4-5-13(9-14)10-16-11-19-18(23)20-16/h1-3,6-8,11,13H,4-5,9-10,12H2,(H2,19,20,23). The Morgan fingerprint density at radius 1 is 1.30 bits per heavy atom. The number of H-pyrrole nitrogens is 2. The Morgan fingerprint density at radius 2 is 2.13 bits per heavy atom. The van der Waals surface area contributed by atoms with E-state index in [1.807, 2.05) is 24.4 Å². The smallest absolute Gasteiger partial charge is 0.338 e. The van der Waals surface area contributed by atoms with E-state index in [4.69, 9.17) is 17.0 Å². The van der Waals surface area contributed by atoms with Crippen LogP contribution in [0.5, 0.6) is 0 Å². The molecule has 2 N–H and O–H groups in total. The number of allylic oxidation sites excluding steroid dienone is 1. The molecule has 1 aromatic carbocycles. The average molecular weight is 328 g/mol. The van der Waals surface area contributed by atoms with Gasteiger partial charge in [0.1, 0.15) is 6.61 Å². The molecular formula is C18H20N2O2S. The van der Waals surface area contributed by atoms with Crippen molar-refractivity contribution in [1.82, 2.24) is 9.97 Å². The van der Waals surface area contributed by atoms with Gasteiger partial charge < -0.3 is 14.7 Å². The van der Waals surface area contributed by atoms with Gasteiger partial charge in [-0.3, -0.25) is 0 Å². The van der Waals surface area contributed by atoms with Gasteiger partial charge in [0.25, 0.3) is 0 Å². The first-order valence-electron chi connectivity index (χ1n) is 7.87. The van der Waals surface area contributed by atoms with Crippen molar-refractivity contribution in [1.29, 1.82) is 0 Å². The van der Waals surface area contributed by atoms with Crippen molar-refractivity contribution >= 4 is 18.2 Å². The Hall–Kier alpha value is -2.14. The van der Waals surface area contributed by atoms with E-state index in [-0.39, 0.29) is 5.97 Å². The fraction of sp³-hybridized carbons (Fsp3) is 0.333. The maximum absolute atomic E-state index is 12.0. The summed E-state index contributed by atoms with van der Waals surface area (Å²) in [7, 11) is 0. The third-order valence-corrected chi connectivity index (χ3v) is 4.34. The molecule has 23 heavy (non-hydrogen) atoms. The molecule has 0 spiro atoms. The number of rotatable bonds is 5. The Kier molecular flexibility index (Phi) is 5.08. The summed E-state index contributed by atoms with van der Waals surface area (Å²) in [4.78, 5) is 18.2. The number of aromatic amines is 2. The van der Waals surface area contributed by atoms with Gasteiger partial charge in [-0.05, 0) is 61.5 Å². The van der Waals surface area contributed by atoms with Gasteiger partial charge in [0.15, 0.2) is 4.77 Å². The molecule has 1 aromatic heterocycles. The molecule has 5 heteroatoms. The van der Waals surface area contributed by atoms with Gasteiger partial charge in [0.2, 0.25) is 0 Å². The molecule has 120 valence electrons. The molecule has 2 aromatic rings. The molecule has 0 aliphatic heterocycles. The minimum atomic E-state index is -0.261. The van der Waals surface area contributed by atoms with Gasteiger partial charge in [0, 0.05) is 11.9 Å². The lowest BCUT2D eigenvalue weighted by molar-refractivity contribution is 0.0533. The summed E-state index contributed by atoms with van der Waals surface area (Å²) < 4.78 is 6.10. The fourth-order valence-corrected chi connectivity index (χ4v) is 3.17. The van der Waals surface area contributed by atoms with Crippen LogP contribution in [0, 0.1) is 10.7 Å². The quantitative estimate of drug-likeness (QED) is 0.491. The number of nitrogens with one attached hydrogen (secondary N) is 2. The zero-order valence-corrected chi connectivity index (χ0v) is 13.7. The Bertz CT molecular complexity index is 746. The molecule has 0 bridgehead atoms. The summed E-state index contributed by atoms with van der Waals surface area (Å²) in [5, 5.41) is 0. The molecule has 0 radical (unpaired) electrons. The number of aromatic nitrogens is 2. The van der Waals surface area contributed by atoms with Crippen LogP contribution in [0.4, 0.5) is 0 Å². The maximum atomic E-state index is 12.0. The van der Waals surface area contributed by atoms with Crippen LogP contribution in [0.15, 0.2) is 48.2 Å². The van der Waals surface area contributed by atoms with E-state index in [2.05, 4.69) is 16.0 Å². The summed E-state index contributed by atoms with van der Waals surface area (Å²) in [6, 6.07) is 9.11. The van der Waals surface area contributed by atoms with Crippen LogP contribution in [0.1, 0.15) is 35.3 Å². The van der Waals surface area contributed by atoms with Gasteiger partial charge in [-0.2, -0.15) is 0 Å². The molecule has 0 saturated carbocycles. The molecule has 1 heterocycles. The number of ether oxygens (including phenoxy) is 1. The van der Waals surface area contributed by atoms with Crippen LogP contribution in [-0.2, 0) is 11.2 Å². The van der Waals surface area contributed by atoms with E-state index in [0.717, 1.165) is 31.4 Å². The second kappa shape index (κ2) is 7.42. The highest BCUT2D eigenvalue weighted by Crippen LogP contribution is 2.27. The number of hydrogen-bond donors (Lipinski definition) is 2. The van der Waals surface area contributed by atoms with Crippen LogP contribution in [0.3, 0.4) is 0 Å². The number of benzene rings is 1. The number of carbonyl (C=O) groups excluding carboxylic acids is 1. The van der Waals surface area contributed by atoms with Crippen LogP contribution in [0.2, 0.25) is 0 Å². The second-order valence-electron chi connectivity index (χ2n) is 5.92. The molecule has 3 rings (SSSR count). The molecule has 0 fully saturated rings. The minimum absolute atomic E-state index is 0.261. The molecule has 1 aliphatic rings. The summed E-state index contributed by atoms with van der Waals surface area (Å²) >= 11 is 5.06. The van der Waals surface area contributed by atoms with Crippen molar-refractivity contribution in [3.05, 3.63) is 64.2 Å². The molecule has 4 nitrogen and oxygen atoms in total. The Balaban J connectivity index is 1.51. The van der Waals surface area contributed by atoms with Crippen LogP contribution in [0.25, 0.3) is 0 Å². The molecular weight excluding hydrogens is 308 g/mol. The van der Waals surface area contributed by atoms with E-state index in [9.17, 15) is 4.79 Å². The van der Waals surface area contributed by atoms with Crippen molar-refractivity contribution in [2.75, 3.05) is 6.61 Å². The van der Waals surface area contributed by atoms with Crippen molar-refractivity contribution in [2.24, 2.45) is 5.92 Å². The van der Waals surface area contributed by atoms with Gasteiger partial charge in [-0.25, -0.2) is 4.79 Å². The highest BCUT2D eigenvalue weighted by atomic mass is 32.1. The van der Waals surface area contributed by atoms with E-state index < -0.39 is 0 Å². The SMILES string of the molecule is O=C(OCC1=CCCC(Cc2c[nH]c(=S)[nH]2)C1)c1ccccc1. The van der Waals surface area contributed by atoms with E-state index in [0.29, 0.717) is 22.9 Å². The Morgan fingerprint density at radius 3 is 2.87 bits per heavy atom. The van der Waals surface area contributed by atoms with Crippen LogP contribution < -0.4 is 0 Å². The first-order chi connectivity index (χ1) is 11.2. The predicted molar refractivity (Wildman–Crippen MR) is 91.8 cm³/mol. The van der Waals surface area contributed by atoms with Gasteiger partial charge in [-0.15, -0.1) is 0 Å². The highest BCUT2D eigenvalue weighted by molar-refractivity contribution is 7.71. The maximum Gasteiger partial charge on any atom is 0.338 e. The summed E-state index contributed by atoms with van der Waals surface area (Å²) in [6.45, 7) is 0.382. The van der Waals surface area contributed by atoms with E-state index in [1.54, 1.807) is 12.1 Å². The third-order valence-electron chi connectivity index (χ3n) is 4.12. The summed E-state index contributed by atoms with van der Waals surface area (Å²) in [6.07, 6.45) is 8.27. The molecule has 1 unspecified atom stereocenters. The number of carbonyl (C=O) groups is 1. The first-order valence-corrected chi connectivity index (χ1v) is 8.28. The predicted octanol–water partition coefficient (Wildman–Crippen LogP) is 4.20. The zero-order valence-electron chi connectivity index (χ0n) is 12.9. The van der Waals surface area contributed by atoms with Crippen molar-refractivity contribution in [3.8, 4) is 0 Å². The van der Waals surface area contributed by atoms with Gasteiger partial charge in [0.05, 0.1) is 5.56 Å². The topological polar surface area (TPSA) is 57.9 Å². The Labute approximate surface area is 140 Å². The highest BCUT2D eigenvalue weighted by Gasteiger charge is 2.18. The number of esters is 1. The van der Waals surface area contributed by atoms with Gasteiger partial charge in [-0.1, -0.05) is 24.3 Å². The van der Waals surface area contributed by atoms with Crippen molar-refractivity contribution in [2.45, 2.75) is 25.7 Å². The third kappa shape index (κ3) is 4.42. The largest absolute Gasteiger partial charge is 0.458 e. The molecule has 1 aliphatic carbocycles. The first kappa shape index (κ1) is 15.7. The summed E-state index contributed by atoms with van der Waals surface area (Å²) in [5.74, 6) is 0.301. The minimum Gasteiger partial charge on any atom is -0.458 e. The number of imidazole rings is 1. The lowest BCUT2D eigenvalue weighted by Crippen LogP contribution is -2.15. The van der Waals surface area contributed by atoms with Crippen molar-refractivity contribution in [3.63, 3.8) is 0 Å². The van der Waals surface area contributed by atoms with Crippen LogP contribution >= 0.6 is 12.2 Å². The number of hydrogen-bond acceptors (Lipinski definition) is 3. The second-order valence-corrected chi connectivity index (χ2v) is 6.33. The average Bonchev–Trinajstić information content (AvgIpc) is 2.99. The molecule has 1 atom stereocenters. The van der Waals surface area contributed by atoms with Crippen LogP contribution in [-0.4, -0.2) is 22.5 Å². The van der Waals surface area contributed by atoms with E-state index in [1.165, 1.54) is 5.57 Å².